The van der Waals surface area contributed by atoms with Crippen LogP contribution in [0.1, 0.15) is 45.2 Å². The third-order valence-corrected chi connectivity index (χ3v) is 5.06. The van der Waals surface area contributed by atoms with Crippen molar-refractivity contribution < 1.29 is 4.79 Å². The van der Waals surface area contributed by atoms with E-state index < -0.39 is 5.54 Å². The molecular formula is C22H26N2O. The van der Waals surface area contributed by atoms with E-state index in [1.165, 1.54) is 5.56 Å². The number of benzene rings is 2. The van der Waals surface area contributed by atoms with Gasteiger partial charge in [-0.05, 0) is 31.4 Å². The Hall–Kier alpha value is -2.42. The highest BCUT2D eigenvalue weighted by atomic mass is 16.2. The van der Waals surface area contributed by atoms with Crippen molar-refractivity contribution in [3.63, 3.8) is 0 Å². The second kappa shape index (κ2) is 6.47. The minimum atomic E-state index is -0.455. The summed E-state index contributed by atoms with van der Waals surface area (Å²) in [7, 11) is 0. The first-order valence-corrected chi connectivity index (χ1v) is 8.81. The van der Waals surface area contributed by atoms with Gasteiger partial charge in [0.05, 0.1) is 17.7 Å². The highest BCUT2D eigenvalue weighted by Gasteiger charge is 2.41. The van der Waals surface area contributed by atoms with Crippen molar-refractivity contribution in [2.45, 2.75) is 46.1 Å². The Morgan fingerprint density at radius 3 is 2.08 bits per heavy atom. The summed E-state index contributed by atoms with van der Waals surface area (Å²) in [5, 5.41) is 6.46. The lowest BCUT2D eigenvalue weighted by molar-refractivity contribution is -0.134. The van der Waals surface area contributed by atoms with Crippen LogP contribution in [-0.2, 0) is 16.8 Å². The van der Waals surface area contributed by atoms with Crippen molar-refractivity contribution >= 4 is 11.6 Å². The molecule has 3 nitrogen and oxygen atoms in total. The summed E-state index contributed by atoms with van der Waals surface area (Å²) >= 11 is 0. The van der Waals surface area contributed by atoms with Crippen LogP contribution in [0.15, 0.2) is 65.8 Å². The van der Waals surface area contributed by atoms with Gasteiger partial charge in [0.2, 0.25) is 5.91 Å². The number of hydrogen-bond donors (Lipinski definition) is 0. The number of carbonyl (C=O) groups excluding carboxylic acids is 1. The monoisotopic (exact) mass is 334 g/mol. The van der Waals surface area contributed by atoms with Crippen molar-refractivity contribution in [1.82, 2.24) is 5.01 Å². The zero-order valence-electron chi connectivity index (χ0n) is 15.5. The first-order chi connectivity index (χ1) is 11.8. The maximum Gasteiger partial charge on any atom is 0.249 e. The number of rotatable bonds is 5. The molecule has 0 aromatic heterocycles. The van der Waals surface area contributed by atoms with Gasteiger partial charge in [0.25, 0.3) is 0 Å². The van der Waals surface area contributed by atoms with E-state index in [0.717, 1.165) is 17.7 Å². The van der Waals surface area contributed by atoms with Crippen molar-refractivity contribution in [2.24, 2.45) is 10.5 Å². The summed E-state index contributed by atoms with van der Waals surface area (Å²) in [5.41, 5.74) is 2.71. The quantitative estimate of drug-likeness (QED) is 0.774. The number of nitrogens with zero attached hydrogens (tertiary/aromatic N) is 2. The average Bonchev–Trinajstić information content (AvgIpc) is 3.00. The summed E-state index contributed by atoms with van der Waals surface area (Å²) in [6, 6.07) is 20.5. The smallest absolute Gasteiger partial charge is 0.249 e. The summed E-state index contributed by atoms with van der Waals surface area (Å²) in [4.78, 5) is 12.7. The molecule has 0 atom stereocenters. The second-order valence-electron chi connectivity index (χ2n) is 7.90. The number of hydrogen-bond acceptors (Lipinski definition) is 2. The molecule has 0 N–H and O–H groups in total. The fraction of sp³-hybridized carbons (Fsp3) is 0.364. The molecule has 0 saturated heterocycles. The third-order valence-electron chi connectivity index (χ3n) is 5.06. The highest BCUT2D eigenvalue weighted by Crippen LogP contribution is 2.36. The lowest BCUT2D eigenvalue weighted by Gasteiger charge is -2.33. The van der Waals surface area contributed by atoms with E-state index in [-0.39, 0.29) is 11.3 Å². The maximum atomic E-state index is 12.7. The first kappa shape index (κ1) is 17.4. The summed E-state index contributed by atoms with van der Waals surface area (Å²) in [6.45, 7) is 8.45. The van der Waals surface area contributed by atoms with Crippen LogP contribution < -0.4 is 0 Å². The van der Waals surface area contributed by atoms with Crippen molar-refractivity contribution in [1.29, 1.82) is 0 Å². The Bertz CT molecular complexity index is 776. The SMILES string of the molecule is CC(C)(Cc1ccccc1)C1=NN(C(C)(C)c2ccccc2)C(=O)C1. The number of amides is 1. The largest absolute Gasteiger partial charge is 0.272 e. The van der Waals surface area contributed by atoms with Crippen LogP contribution in [0.4, 0.5) is 0 Å². The van der Waals surface area contributed by atoms with Gasteiger partial charge in [-0.15, -0.1) is 0 Å². The molecule has 3 heteroatoms. The van der Waals surface area contributed by atoms with Gasteiger partial charge in [0.1, 0.15) is 0 Å². The molecule has 1 aliphatic heterocycles. The van der Waals surface area contributed by atoms with E-state index in [2.05, 4.69) is 64.1 Å². The Balaban J connectivity index is 1.87. The number of carbonyl (C=O) groups is 1. The normalized spacial score (nSPS) is 15.4. The lowest BCUT2D eigenvalue weighted by atomic mass is 9.80. The van der Waals surface area contributed by atoms with Crippen LogP contribution in [-0.4, -0.2) is 16.6 Å². The molecule has 2 aromatic carbocycles. The second-order valence-corrected chi connectivity index (χ2v) is 7.90. The van der Waals surface area contributed by atoms with Crippen molar-refractivity contribution in [3.8, 4) is 0 Å². The Labute approximate surface area is 150 Å². The van der Waals surface area contributed by atoms with E-state index >= 15 is 0 Å². The van der Waals surface area contributed by atoms with E-state index in [4.69, 9.17) is 5.10 Å². The fourth-order valence-electron chi connectivity index (χ4n) is 3.42. The molecule has 0 saturated carbocycles. The van der Waals surface area contributed by atoms with Crippen LogP contribution >= 0.6 is 0 Å². The fourth-order valence-corrected chi connectivity index (χ4v) is 3.42. The van der Waals surface area contributed by atoms with Gasteiger partial charge in [-0.2, -0.15) is 5.10 Å². The van der Waals surface area contributed by atoms with Crippen LogP contribution in [0.5, 0.6) is 0 Å². The van der Waals surface area contributed by atoms with Gasteiger partial charge < -0.3 is 0 Å². The van der Waals surface area contributed by atoms with Crippen LogP contribution in [0, 0.1) is 5.41 Å². The molecule has 0 bridgehead atoms. The molecule has 3 rings (SSSR count). The van der Waals surface area contributed by atoms with Gasteiger partial charge in [0, 0.05) is 5.41 Å². The van der Waals surface area contributed by atoms with E-state index in [1.807, 2.05) is 24.3 Å². The average molecular weight is 334 g/mol. The lowest BCUT2D eigenvalue weighted by Crippen LogP contribution is -2.39. The summed E-state index contributed by atoms with van der Waals surface area (Å²) in [5.74, 6) is 0.0741. The molecule has 1 amide bonds. The van der Waals surface area contributed by atoms with Crippen LogP contribution in [0.3, 0.4) is 0 Å². The minimum absolute atomic E-state index is 0.0741. The number of hydrazone groups is 1. The molecule has 0 spiro atoms. The van der Waals surface area contributed by atoms with Gasteiger partial charge in [-0.3, -0.25) is 4.79 Å². The van der Waals surface area contributed by atoms with Gasteiger partial charge in [0.15, 0.2) is 0 Å². The zero-order chi connectivity index (χ0) is 18.1. The Morgan fingerprint density at radius 1 is 0.920 bits per heavy atom. The molecule has 0 radical (unpaired) electrons. The minimum Gasteiger partial charge on any atom is -0.272 e. The third kappa shape index (κ3) is 3.51. The molecule has 0 fully saturated rings. The molecule has 0 unspecified atom stereocenters. The molecule has 130 valence electrons. The summed E-state index contributed by atoms with van der Waals surface area (Å²) in [6.07, 6.45) is 1.27. The van der Waals surface area contributed by atoms with Crippen molar-refractivity contribution in [3.05, 3.63) is 71.8 Å². The van der Waals surface area contributed by atoms with E-state index in [9.17, 15) is 4.79 Å². The molecular weight excluding hydrogens is 308 g/mol. The van der Waals surface area contributed by atoms with Crippen LogP contribution in [0.2, 0.25) is 0 Å². The summed E-state index contributed by atoms with van der Waals surface area (Å²) < 4.78 is 0. The predicted octanol–water partition coefficient (Wildman–Crippen LogP) is 4.78. The molecule has 1 aliphatic rings. The van der Waals surface area contributed by atoms with Gasteiger partial charge in [-0.1, -0.05) is 74.5 Å². The Kier molecular flexibility index (Phi) is 4.51. The Morgan fingerprint density at radius 2 is 1.48 bits per heavy atom. The topological polar surface area (TPSA) is 32.7 Å². The molecule has 2 aromatic rings. The first-order valence-electron chi connectivity index (χ1n) is 8.81. The molecule has 0 aliphatic carbocycles. The van der Waals surface area contributed by atoms with E-state index in [1.54, 1.807) is 5.01 Å². The standard InChI is InChI=1S/C22H26N2O/c1-21(2,16-17-11-7-5-8-12-17)19-15-20(25)24(23-19)22(3,4)18-13-9-6-10-14-18/h5-14H,15-16H2,1-4H3. The zero-order valence-corrected chi connectivity index (χ0v) is 15.5. The molecule has 1 heterocycles. The predicted molar refractivity (Wildman–Crippen MR) is 102 cm³/mol. The van der Waals surface area contributed by atoms with Crippen molar-refractivity contribution in [2.75, 3.05) is 0 Å². The highest BCUT2D eigenvalue weighted by molar-refractivity contribution is 6.07. The van der Waals surface area contributed by atoms with E-state index in [0.29, 0.717) is 6.42 Å². The maximum absolute atomic E-state index is 12.7. The molecule has 25 heavy (non-hydrogen) atoms. The van der Waals surface area contributed by atoms with Gasteiger partial charge in [-0.25, -0.2) is 5.01 Å². The van der Waals surface area contributed by atoms with Crippen LogP contribution in [0.25, 0.3) is 0 Å². The van der Waals surface area contributed by atoms with Gasteiger partial charge >= 0.3 is 0 Å².